The van der Waals surface area contributed by atoms with Crippen LogP contribution in [0.4, 0.5) is 5.69 Å². The topological polar surface area (TPSA) is 110 Å². The number of imide groups is 1. The number of carbonyl (C=O) groups is 4. The minimum atomic E-state index is -0.829. The third-order valence-electron chi connectivity index (χ3n) is 5.61. The number of nitrogens with zero attached hydrogens (tertiary/aromatic N) is 3. The van der Waals surface area contributed by atoms with Gasteiger partial charge in [-0.3, -0.25) is 29.4 Å². The van der Waals surface area contributed by atoms with Crippen LogP contribution in [-0.2, 0) is 20.9 Å². The number of carboxylic acid groups (broad SMARTS) is 1. The number of nitrogens with one attached hydrogen (secondary N) is 1. The van der Waals surface area contributed by atoms with Crippen molar-refractivity contribution in [3.63, 3.8) is 0 Å². The Kier molecular flexibility index (Phi) is 4.76. The molecular formula is C19H22N4O5. The van der Waals surface area contributed by atoms with Crippen molar-refractivity contribution in [3.05, 3.63) is 29.3 Å². The molecule has 0 bridgehead atoms. The van der Waals surface area contributed by atoms with Crippen molar-refractivity contribution in [3.8, 4) is 0 Å². The highest BCUT2D eigenvalue weighted by atomic mass is 16.4. The minimum Gasteiger partial charge on any atom is -0.480 e. The minimum absolute atomic E-state index is 0.0391. The van der Waals surface area contributed by atoms with Crippen molar-refractivity contribution < 1.29 is 24.3 Å². The van der Waals surface area contributed by atoms with Crippen LogP contribution in [0.5, 0.6) is 0 Å². The Morgan fingerprint density at radius 3 is 2.57 bits per heavy atom. The Morgan fingerprint density at radius 2 is 1.89 bits per heavy atom. The van der Waals surface area contributed by atoms with Gasteiger partial charge >= 0.3 is 5.97 Å². The SMILES string of the molecule is O=C(O)CN1CCN(c2ccc3c(c2)C(=O)N(C2CCC(=O)NC2=O)C3)CC1. The van der Waals surface area contributed by atoms with Gasteiger partial charge in [-0.25, -0.2) is 0 Å². The van der Waals surface area contributed by atoms with Gasteiger partial charge in [0.15, 0.2) is 0 Å². The average molecular weight is 386 g/mol. The normalized spacial score (nSPS) is 23.0. The van der Waals surface area contributed by atoms with E-state index in [1.165, 1.54) is 0 Å². The Balaban J connectivity index is 1.46. The van der Waals surface area contributed by atoms with E-state index >= 15 is 0 Å². The molecule has 9 heteroatoms. The van der Waals surface area contributed by atoms with E-state index in [9.17, 15) is 19.2 Å². The van der Waals surface area contributed by atoms with E-state index in [0.717, 1.165) is 11.3 Å². The second kappa shape index (κ2) is 7.23. The lowest BCUT2D eigenvalue weighted by molar-refractivity contribution is -0.139. The molecule has 1 aromatic carbocycles. The van der Waals surface area contributed by atoms with Gasteiger partial charge in [0, 0.05) is 50.4 Å². The van der Waals surface area contributed by atoms with Gasteiger partial charge in [-0.1, -0.05) is 6.07 Å². The quantitative estimate of drug-likeness (QED) is 0.681. The molecule has 1 unspecified atom stereocenters. The molecule has 3 aliphatic rings. The lowest BCUT2D eigenvalue weighted by Gasteiger charge is -2.35. The molecule has 2 saturated heterocycles. The molecular weight excluding hydrogens is 364 g/mol. The monoisotopic (exact) mass is 386 g/mol. The third-order valence-corrected chi connectivity index (χ3v) is 5.61. The van der Waals surface area contributed by atoms with Crippen LogP contribution in [0.1, 0.15) is 28.8 Å². The molecule has 9 nitrogen and oxygen atoms in total. The maximum absolute atomic E-state index is 12.9. The lowest BCUT2D eigenvalue weighted by Crippen LogP contribution is -2.52. The van der Waals surface area contributed by atoms with Crippen molar-refractivity contribution in [2.45, 2.75) is 25.4 Å². The smallest absolute Gasteiger partial charge is 0.317 e. The van der Waals surface area contributed by atoms with Crippen molar-refractivity contribution in [2.24, 2.45) is 0 Å². The molecule has 148 valence electrons. The number of carboxylic acids is 1. The zero-order valence-corrected chi connectivity index (χ0v) is 15.4. The Labute approximate surface area is 161 Å². The third kappa shape index (κ3) is 3.45. The number of carbonyl (C=O) groups excluding carboxylic acids is 3. The highest BCUT2D eigenvalue weighted by molar-refractivity contribution is 6.05. The lowest BCUT2D eigenvalue weighted by atomic mass is 10.0. The molecule has 0 aromatic heterocycles. The van der Waals surface area contributed by atoms with Crippen LogP contribution < -0.4 is 10.2 Å². The van der Waals surface area contributed by atoms with Gasteiger partial charge in [-0.05, 0) is 24.1 Å². The molecule has 1 aromatic rings. The summed E-state index contributed by atoms with van der Waals surface area (Å²) in [7, 11) is 0. The van der Waals surface area contributed by atoms with E-state index in [2.05, 4.69) is 10.2 Å². The van der Waals surface area contributed by atoms with E-state index in [4.69, 9.17) is 5.11 Å². The van der Waals surface area contributed by atoms with Crippen LogP contribution >= 0.6 is 0 Å². The highest BCUT2D eigenvalue weighted by Crippen LogP contribution is 2.30. The van der Waals surface area contributed by atoms with Gasteiger partial charge in [0.2, 0.25) is 11.8 Å². The number of piperidine rings is 1. The number of rotatable bonds is 4. The first-order valence-electron chi connectivity index (χ1n) is 9.39. The molecule has 3 heterocycles. The van der Waals surface area contributed by atoms with E-state index in [-0.39, 0.29) is 24.8 Å². The first kappa shape index (κ1) is 18.4. The standard InChI is InChI=1S/C19H22N4O5/c24-16-4-3-15(18(27)20-16)23-10-12-1-2-13(9-14(12)19(23)28)22-7-5-21(6-8-22)11-17(25)26/h1-2,9,15H,3-8,10-11H2,(H,25,26)(H,20,24,27). The summed E-state index contributed by atoms with van der Waals surface area (Å²) in [4.78, 5) is 52.8. The van der Waals surface area contributed by atoms with Crippen LogP contribution in [-0.4, -0.2) is 77.4 Å². The van der Waals surface area contributed by atoms with E-state index in [0.29, 0.717) is 44.7 Å². The molecule has 4 rings (SSSR count). The van der Waals surface area contributed by atoms with Crippen molar-refractivity contribution in [2.75, 3.05) is 37.6 Å². The first-order chi connectivity index (χ1) is 13.4. The summed E-state index contributed by atoms with van der Waals surface area (Å²) < 4.78 is 0. The summed E-state index contributed by atoms with van der Waals surface area (Å²) in [5.74, 6) is -1.72. The van der Waals surface area contributed by atoms with E-state index in [1.807, 2.05) is 23.1 Å². The predicted molar refractivity (Wildman–Crippen MR) is 98.8 cm³/mol. The number of anilines is 1. The zero-order valence-electron chi connectivity index (χ0n) is 15.4. The van der Waals surface area contributed by atoms with Gasteiger partial charge in [-0.15, -0.1) is 0 Å². The Morgan fingerprint density at radius 1 is 1.14 bits per heavy atom. The van der Waals surface area contributed by atoms with Gasteiger partial charge < -0.3 is 14.9 Å². The summed E-state index contributed by atoms with van der Waals surface area (Å²) in [6.45, 7) is 3.10. The van der Waals surface area contributed by atoms with Crippen molar-refractivity contribution in [1.29, 1.82) is 0 Å². The van der Waals surface area contributed by atoms with Crippen LogP contribution in [0, 0.1) is 0 Å². The number of benzene rings is 1. The number of aliphatic carboxylic acids is 1. The fourth-order valence-electron chi connectivity index (χ4n) is 4.09. The zero-order chi connectivity index (χ0) is 19.8. The Hall–Kier alpha value is -2.94. The number of hydrogen-bond donors (Lipinski definition) is 2. The molecule has 0 aliphatic carbocycles. The second-order valence-electron chi connectivity index (χ2n) is 7.40. The van der Waals surface area contributed by atoms with Gasteiger partial charge in [0.1, 0.15) is 6.04 Å². The highest BCUT2D eigenvalue weighted by Gasteiger charge is 2.39. The summed E-state index contributed by atoms with van der Waals surface area (Å²) in [6.07, 6.45) is 0.588. The van der Waals surface area contributed by atoms with Crippen LogP contribution in [0.25, 0.3) is 0 Å². The van der Waals surface area contributed by atoms with Gasteiger partial charge in [0.05, 0.1) is 6.54 Å². The Bertz CT molecular complexity index is 847. The van der Waals surface area contributed by atoms with Crippen molar-refractivity contribution in [1.82, 2.24) is 15.1 Å². The number of piperazine rings is 1. The number of fused-ring (bicyclic) bond motifs is 1. The largest absolute Gasteiger partial charge is 0.480 e. The molecule has 28 heavy (non-hydrogen) atoms. The molecule has 2 N–H and O–H groups in total. The van der Waals surface area contributed by atoms with Crippen LogP contribution in [0.2, 0.25) is 0 Å². The van der Waals surface area contributed by atoms with E-state index < -0.39 is 17.9 Å². The second-order valence-corrected chi connectivity index (χ2v) is 7.40. The van der Waals surface area contributed by atoms with Gasteiger partial charge in [-0.2, -0.15) is 0 Å². The number of hydrogen-bond acceptors (Lipinski definition) is 6. The summed E-state index contributed by atoms with van der Waals surface area (Å²) in [5.41, 5.74) is 2.39. The maximum atomic E-state index is 12.9. The van der Waals surface area contributed by atoms with Crippen molar-refractivity contribution >= 4 is 29.4 Å². The molecule has 3 amide bonds. The summed E-state index contributed by atoms with van der Waals surface area (Å²) >= 11 is 0. The van der Waals surface area contributed by atoms with Crippen LogP contribution in [0.15, 0.2) is 18.2 Å². The maximum Gasteiger partial charge on any atom is 0.317 e. The van der Waals surface area contributed by atoms with E-state index in [1.54, 1.807) is 4.90 Å². The number of amides is 3. The molecule has 1 atom stereocenters. The summed E-state index contributed by atoms with van der Waals surface area (Å²) in [6, 6.07) is 5.13. The van der Waals surface area contributed by atoms with Gasteiger partial charge in [0.25, 0.3) is 5.91 Å². The van der Waals surface area contributed by atoms with Crippen LogP contribution in [0.3, 0.4) is 0 Å². The predicted octanol–water partition coefficient (Wildman–Crippen LogP) is -0.346. The molecule has 0 saturated carbocycles. The average Bonchev–Trinajstić information content (AvgIpc) is 2.98. The molecule has 0 spiro atoms. The fourth-order valence-corrected chi connectivity index (χ4v) is 4.09. The molecule has 2 fully saturated rings. The first-order valence-corrected chi connectivity index (χ1v) is 9.39. The molecule has 0 radical (unpaired) electrons. The molecule has 3 aliphatic heterocycles. The fraction of sp³-hybridized carbons (Fsp3) is 0.474. The summed E-state index contributed by atoms with van der Waals surface area (Å²) in [5, 5.41) is 11.2.